The van der Waals surface area contributed by atoms with Crippen molar-refractivity contribution in [2.75, 3.05) is 13.2 Å². The molecule has 0 unspecified atom stereocenters. The minimum Gasteiger partial charge on any atom is -0.394 e. The molecule has 1 rings (SSSR count). The van der Waals surface area contributed by atoms with Crippen molar-refractivity contribution >= 4 is 0 Å². The number of ether oxygens (including phenoxy) is 2. The predicted molar refractivity (Wildman–Crippen MR) is 73.8 cm³/mol. The van der Waals surface area contributed by atoms with Crippen LogP contribution in [0.5, 0.6) is 0 Å². The third-order valence-electron chi connectivity index (χ3n) is 2.51. The fourth-order valence-corrected chi connectivity index (χ4v) is 1.67. The Balaban J connectivity index is 2.35. The van der Waals surface area contributed by atoms with Crippen molar-refractivity contribution in [3.05, 3.63) is 35.9 Å². The standard InChI is InChI=1S/C15H24O4/c1-15(2,3)19-14(9-16)13(17)11-18-10-12-7-5-4-6-8-12/h4-8,13-14,16-17H,9-11H2,1-3H3/t13-,14-/m0/s1. The summed E-state index contributed by atoms with van der Waals surface area (Å²) >= 11 is 0. The van der Waals surface area contributed by atoms with Crippen LogP contribution in [0.2, 0.25) is 0 Å². The summed E-state index contributed by atoms with van der Waals surface area (Å²) < 4.78 is 11.0. The van der Waals surface area contributed by atoms with Gasteiger partial charge in [-0.15, -0.1) is 0 Å². The second-order valence-electron chi connectivity index (χ2n) is 5.52. The summed E-state index contributed by atoms with van der Waals surface area (Å²) in [5.74, 6) is 0. The summed E-state index contributed by atoms with van der Waals surface area (Å²) in [6, 6.07) is 9.74. The molecule has 0 saturated carbocycles. The average molecular weight is 268 g/mol. The van der Waals surface area contributed by atoms with E-state index in [9.17, 15) is 10.2 Å². The van der Waals surface area contributed by atoms with Gasteiger partial charge in [-0.2, -0.15) is 0 Å². The highest BCUT2D eigenvalue weighted by molar-refractivity contribution is 5.13. The van der Waals surface area contributed by atoms with Gasteiger partial charge in [0, 0.05) is 0 Å². The van der Waals surface area contributed by atoms with Gasteiger partial charge in [0.2, 0.25) is 0 Å². The van der Waals surface area contributed by atoms with Gasteiger partial charge in [0.1, 0.15) is 12.2 Å². The van der Waals surface area contributed by atoms with Crippen LogP contribution in [0.1, 0.15) is 26.3 Å². The molecule has 0 aromatic heterocycles. The molecule has 0 saturated heterocycles. The molecule has 1 aromatic rings. The van der Waals surface area contributed by atoms with Crippen LogP contribution in [-0.4, -0.2) is 41.2 Å². The van der Waals surface area contributed by atoms with E-state index in [0.717, 1.165) is 5.56 Å². The van der Waals surface area contributed by atoms with E-state index in [1.54, 1.807) is 0 Å². The summed E-state index contributed by atoms with van der Waals surface area (Å²) in [6.45, 7) is 5.99. The second-order valence-corrected chi connectivity index (χ2v) is 5.52. The Bertz CT molecular complexity index is 345. The van der Waals surface area contributed by atoms with Gasteiger partial charge in [-0.05, 0) is 26.3 Å². The number of hydrogen-bond donors (Lipinski definition) is 2. The van der Waals surface area contributed by atoms with Crippen LogP contribution in [0, 0.1) is 0 Å². The average Bonchev–Trinajstić information content (AvgIpc) is 2.36. The molecule has 108 valence electrons. The normalized spacial score (nSPS) is 15.2. The molecule has 4 nitrogen and oxygen atoms in total. The first-order chi connectivity index (χ1) is 8.92. The first-order valence-electron chi connectivity index (χ1n) is 6.51. The van der Waals surface area contributed by atoms with Crippen LogP contribution in [0.3, 0.4) is 0 Å². The largest absolute Gasteiger partial charge is 0.394 e. The minimum absolute atomic E-state index is 0.135. The van der Waals surface area contributed by atoms with E-state index in [1.165, 1.54) is 0 Å². The van der Waals surface area contributed by atoms with Crippen LogP contribution < -0.4 is 0 Å². The summed E-state index contributed by atoms with van der Waals surface area (Å²) in [7, 11) is 0. The lowest BCUT2D eigenvalue weighted by atomic mass is 10.1. The maximum Gasteiger partial charge on any atom is 0.109 e. The highest BCUT2D eigenvalue weighted by atomic mass is 16.5. The Labute approximate surface area is 115 Å². The fraction of sp³-hybridized carbons (Fsp3) is 0.600. The van der Waals surface area contributed by atoms with Crippen molar-refractivity contribution < 1.29 is 19.7 Å². The number of hydrogen-bond acceptors (Lipinski definition) is 4. The second kappa shape index (κ2) is 7.60. The Morgan fingerprint density at radius 3 is 2.32 bits per heavy atom. The van der Waals surface area contributed by atoms with E-state index in [2.05, 4.69) is 0 Å². The SMILES string of the molecule is CC(C)(C)O[C@@H](CO)[C@@H](O)COCc1ccccc1. The molecule has 0 radical (unpaired) electrons. The van der Waals surface area contributed by atoms with Gasteiger partial charge in [-0.1, -0.05) is 30.3 Å². The van der Waals surface area contributed by atoms with Gasteiger partial charge < -0.3 is 19.7 Å². The maximum atomic E-state index is 9.94. The molecule has 0 aliphatic carbocycles. The molecule has 0 heterocycles. The maximum absolute atomic E-state index is 9.94. The zero-order valence-electron chi connectivity index (χ0n) is 11.9. The quantitative estimate of drug-likeness (QED) is 0.791. The van der Waals surface area contributed by atoms with E-state index >= 15 is 0 Å². The molecule has 0 aliphatic rings. The highest BCUT2D eigenvalue weighted by Gasteiger charge is 2.25. The third kappa shape index (κ3) is 6.68. The van der Waals surface area contributed by atoms with Gasteiger partial charge in [0.05, 0.1) is 25.4 Å². The van der Waals surface area contributed by atoms with Crippen LogP contribution in [0.15, 0.2) is 30.3 Å². The first kappa shape index (κ1) is 16.1. The van der Waals surface area contributed by atoms with Crippen molar-refractivity contribution in [1.29, 1.82) is 0 Å². The molecular weight excluding hydrogens is 244 g/mol. The first-order valence-corrected chi connectivity index (χ1v) is 6.51. The predicted octanol–water partition coefficient (Wildman–Crippen LogP) is 1.74. The minimum atomic E-state index is -0.840. The van der Waals surface area contributed by atoms with Crippen LogP contribution in [-0.2, 0) is 16.1 Å². The molecule has 0 fully saturated rings. The van der Waals surface area contributed by atoms with Crippen molar-refractivity contribution in [2.24, 2.45) is 0 Å². The van der Waals surface area contributed by atoms with E-state index < -0.39 is 17.8 Å². The van der Waals surface area contributed by atoms with E-state index in [1.807, 2.05) is 51.1 Å². The smallest absolute Gasteiger partial charge is 0.109 e. The molecule has 4 heteroatoms. The topological polar surface area (TPSA) is 58.9 Å². The monoisotopic (exact) mass is 268 g/mol. The van der Waals surface area contributed by atoms with Crippen molar-refractivity contribution in [3.63, 3.8) is 0 Å². The Hall–Kier alpha value is -0.940. The number of rotatable bonds is 7. The summed E-state index contributed by atoms with van der Waals surface area (Å²) in [6.07, 6.45) is -1.47. The summed E-state index contributed by atoms with van der Waals surface area (Å²) in [4.78, 5) is 0. The van der Waals surface area contributed by atoms with Gasteiger partial charge in [-0.3, -0.25) is 0 Å². The van der Waals surface area contributed by atoms with Crippen LogP contribution in [0.4, 0.5) is 0 Å². The molecule has 2 atom stereocenters. The van der Waals surface area contributed by atoms with Crippen molar-refractivity contribution in [2.45, 2.75) is 45.2 Å². The van der Waals surface area contributed by atoms with Crippen LogP contribution >= 0.6 is 0 Å². The molecule has 19 heavy (non-hydrogen) atoms. The van der Waals surface area contributed by atoms with Crippen LogP contribution in [0.25, 0.3) is 0 Å². The number of benzene rings is 1. The lowest BCUT2D eigenvalue weighted by molar-refractivity contribution is -0.143. The fourth-order valence-electron chi connectivity index (χ4n) is 1.67. The molecule has 0 spiro atoms. The van der Waals surface area contributed by atoms with Crippen molar-refractivity contribution in [1.82, 2.24) is 0 Å². The molecule has 1 aromatic carbocycles. The van der Waals surface area contributed by atoms with Gasteiger partial charge in [0.25, 0.3) is 0 Å². The Morgan fingerprint density at radius 1 is 1.16 bits per heavy atom. The number of aliphatic hydroxyl groups excluding tert-OH is 2. The van der Waals surface area contributed by atoms with E-state index in [4.69, 9.17) is 9.47 Å². The molecule has 2 N–H and O–H groups in total. The molecule has 0 bridgehead atoms. The van der Waals surface area contributed by atoms with Gasteiger partial charge in [0.15, 0.2) is 0 Å². The van der Waals surface area contributed by atoms with E-state index in [-0.39, 0.29) is 13.2 Å². The lowest BCUT2D eigenvalue weighted by Gasteiger charge is -2.29. The third-order valence-corrected chi connectivity index (χ3v) is 2.51. The molecular formula is C15H24O4. The lowest BCUT2D eigenvalue weighted by Crippen LogP contribution is -2.41. The highest BCUT2D eigenvalue weighted by Crippen LogP contribution is 2.13. The zero-order chi connectivity index (χ0) is 14.3. The molecule has 0 aliphatic heterocycles. The zero-order valence-corrected chi connectivity index (χ0v) is 11.9. The molecule has 0 amide bonds. The van der Waals surface area contributed by atoms with Gasteiger partial charge >= 0.3 is 0 Å². The number of aliphatic hydroxyl groups is 2. The Morgan fingerprint density at radius 2 is 1.79 bits per heavy atom. The van der Waals surface area contributed by atoms with E-state index in [0.29, 0.717) is 6.61 Å². The summed E-state index contributed by atoms with van der Waals surface area (Å²) in [5.41, 5.74) is 0.639. The van der Waals surface area contributed by atoms with Gasteiger partial charge in [-0.25, -0.2) is 0 Å². The Kier molecular flexibility index (Phi) is 6.45. The van der Waals surface area contributed by atoms with Crippen molar-refractivity contribution in [3.8, 4) is 0 Å². The summed E-state index contributed by atoms with van der Waals surface area (Å²) in [5, 5.41) is 19.2.